The van der Waals surface area contributed by atoms with E-state index in [0.29, 0.717) is 0 Å². The Hall–Kier alpha value is -2.48. The van der Waals surface area contributed by atoms with E-state index in [0.717, 1.165) is 16.8 Å². The van der Waals surface area contributed by atoms with E-state index >= 15 is 0 Å². The summed E-state index contributed by atoms with van der Waals surface area (Å²) in [5.41, 5.74) is 8.54. The molecule has 0 aliphatic carbocycles. The number of hydrogen-bond donors (Lipinski definition) is 2. The first kappa shape index (κ1) is 15.6. The third-order valence-corrected chi connectivity index (χ3v) is 2.82. The summed E-state index contributed by atoms with van der Waals surface area (Å²) in [6, 6.07) is 5.55. The molecule has 0 aliphatic heterocycles. The largest absolute Gasteiger partial charge is 0.370 e. The first-order chi connectivity index (χ1) is 9.47. The lowest BCUT2D eigenvalue weighted by molar-refractivity contribution is 0.251. The molecule has 0 saturated heterocycles. The van der Waals surface area contributed by atoms with Crippen LogP contribution in [0.2, 0.25) is 0 Å². The second-order valence-corrected chi connectivity index (χ2v) is 4.36. The van der Waals surface area contributed by atoms with Crippen LogP contribution in [0.1, 0.15) is 18.1 Å². The van der Waals surface area contributed by atoms with Crippen molar-refractivity contribution in [3.05, 3.63) is 29.3 Å². The predicted octanol–water partition coefficient (Wildman–Crippen LogP) is 1.79. The maximum Gasteiger partial charge on any atom is 0.328 e. The minimum atomic E-state index is -0.326. The van der Waals surface area contributed by atoms with Gasteiger partial charge in [0, 0.05) is 7.05 Å². The van der Waals surface area contributed by atoms with Crippen LogP contribution in [-0.4, -0.2) is 25.6 Å². The summed E-state index contributed by atoms with van der Waals surface area (Å²) in [6.07, 6.45) is 0. The molecule has 0 heterocycles. The zero-order valence-corrected chi connectivity index (χ0v) is 12.3. The van der Waals surface area contributed by atoms with Gasteiger partial charge in [0.05, 0.1) is 5.69 Å². The van der Waals surface area contributed by atoms with Gasteiger partial charge in [-0.25, -0.2) is 9.79 Å². The van der Waals surface area contributed by atoms with E-state index in [1.54, 1.807) is 14.0 Å². The average molecular weight is 272 g/mol. The third kappa shape index (κ3) is 4.02. The standard InChI is InChI=1S/C15H20N4O/c1-5-6-10-17-14(16)18-15(20)19(4)13-11(2)8-7-9-12(13)3/h7-9H,10H2,1-4H3,(H3,16,17,18,20). The number of anilines is 1. The lowest BCUT2D eigenvalue weighted by Crippen LogP contribution is -2.44. The number of benzene rings is 1. The van der Waals surface area contributed by atoms with Crippen molar-refractivity contribution in [1.29, 1.82) is 0 Å². The molecule has 1 aromatic rings. The molecule has 0 unspecified atom stereocenters. The van der Waals surface area contributed by atoms with Gasteiger partial charge in [0.15, 0.2) is 5.96 Å². The minimum Gasteiger partial charge on any atom is -0.370 e. The number of guanidine groups is 1. The molecule has 0 aliphatic rings. The zero-order chi connectivity index (χ0) is 15.1. The molecule has 3 N–H and O–H groups in total. The molecule has 20 heavy (non-hydrogen) atoms. The summed E-state index contributed by atoms with van der Waals surface area (Å²) >= 11 is 0. The van der Waals surface area contributed by atoms with Crippen molar-refractivity contribution in [2.75, 3.05) is 18.5 Å². The molecule has 2 amide bonds. The van der Waals surface area contributed by atoms with Crippen LogP contribution in [0.15, 0.2) is 23.2 Å². The quantitative estimate of drug-likeness (QED) is 0.489. The van der Waals surface area contributed by atoms with Crippen LogP contribution in [0.25, 0.3) is 0 Å². The first-order valence-corrected chi connectivity index (χ1v) is 6.27. The topological polar surface area (TPSA) is 70.7 Å². The Bertz CT molecular complexity index is 561. The summed E-state index contributed by atoms with van der Waals surface area (Å²) in [6.45, 7) is 5.91. The van der Waals surface area contributed by atoms with E-state index < -0.39 is 0 Å². The van der Waals surface area contributed by atoms with Crippen LogP contribution in [0, 0.1) is 25.7 Å². The molecule has 0 bridgehead atoms. The van der Waals surface area contributed by atoms with Crippen molar-refractivity contribution in [2.24, 2.45) is 10.7 Å². The molecule has 0 spiro atoms. The van der Waals surface area contributed by atoms with Crippen LogP contribution in [0.5, 0.6) is 0 Å². The first-order valence-electron chi connectivity index (χ1n) is 6.27. The smallest absolute Gasteiger partial charge is 0.328 e. The van der Waals surface area contributed by atoms with E-state index in [4.69, 9.17) is 5.73 Å². The summed E-state index contributed by atoms with van der Waals surface area (Å²) in [5.74, 6) is 5.52. The van der Waals surface area contributed by atoms with Gasteiger partial charge in [-0.05, 0) is 31.9 Å². The number of carbonyl (C=O) groups is 1. The van der Waals surface area contributed by atoms with Crippen LogP contribution < -0.4 is 16.0 Å². The number of nitrogens with two attached hydrogens (primary N) is 1. The zero-order valence-electron chi connectivity index (χ0n) is 12.3. The second-order valence-electron chi connectivity index (χ2n) is 4.36. The van der Waals surface area contributed by atoms with E-state index in [2.05, 4.69) is 22.2 Å². The van der Waals surface area contributed by atoms with Crippen molar-refractivity contribution in [3.63, 3.8) is 0 Å². The Morgan fingerprint density at radius 3 is 2.55 bits per heavy atom. The molecule has 0 saturated carbocycles. The Morgan fingerprint density at radius 1 is 1.40 bits per heavy atom. The van der Waals surface area contributed by atoms with E-state index in [1.807, 2.05) is 32.0 Å². The average Bonchev–Trinajstić information content (AvgIpc) is 2.38. The fraction of sp³-hybridized carbons (Fsp3) is 0.333. The van der Waals surface area contributed by atoms with Gasteiger partial charge in [0.1, 0.15) is 6.54 Å². The van der Waals surface area contributed by atoms with Gasteiger partial charge in [-0.1, -0.05) is 24.1 Å². The number of para-hydroxylation sites is 1. The summed E-state index contributed by atoms with van der Waals surface area (Å²) in [7, 11) is 1.70. The second kappa shape index (κ2) is 7.19. The molecule has 0 fully saturated rings. The molecule has 0 radical (unpaired) electrons. The molecule has 0 aromatic heterocycles. The Morgan fingerprint density at radius 2 is 2.00 bits per heavy atom. The van der Waals surface area contributed by atoms with Crippen molar-refractivity contribution in [3.8, 4) is 11.8 Å². The number of amides is 2. The summed E-state index contributed by atoms with van der Waals surface area (Å²) in [4.78, 5) is 17.6. The molecule has 0 atom stereocenters. The SMILES string of the molecule is CC#CCN=C(N)NC(=O)N(C)c1c(C)cccc1C. The number of nitrogens with one attached hydrogen (secondary N) is 1. The normalized spacial score (nSPS) is 10.5. The van der Waals surface area contributed by atoms with Gasteiger partial charge in [-0.15, -0.1) is 5.92 Å². The highest BCUT2D eigenvalue weighted by Gasteiger charge is 2.15. The van der Waals surface area contributed by atoms with E-state index in [-0.39, 0.29) is 18.5 Å². The van der Waals surface area contributed by atoms with Gasteiger partial charge in [-0.3, -0.25) is 10.2 Å². The minimum absolute atomic E-state index is 0.0656. The number of aliphatic imine (C=N–C) groups is 1. The highest BCUT2D eigenvalue weighted by Crippen LogP contribution is 2.23. The molecular weight excluding hydrogens is 252 g/mol. The van der Waals surface area contributed by atoms with Crippen molar-refractivity contribution in [1.82, 2.24) is 5.32 Å². The summed E-state index contributed by atoms with van der Waals surface area (Å²) < 4.78 is 0. The van der Waals surface area contributed by atoms with Crippen molar-refractivity contribution >= 4 is 17.7 Å². The fourth-order valence-corrected chi connectivity index (χ4v) is 1.87. The number of urea groups is 1. The van der Waals surface area contributed by atoms with E-state index in [1.165, 1.54) is 4.90 Å². The maximum atomic E-state index is 12.1. The lowest BCUT2D eigenvalue weighted by Gasteiger charge is -2.21. The van der Waals surface area contributed by atoms with Gasteiger partial charge in [0.25, 0.3) is 0 Å². The highest BCUT2D eigenvalue weighted by atomic mass is 16.2. The number of carbonyl (C=O) groups excluding carboxylic acids is 1. The highest BCUT2D eigenvalue weighted by molar-refractivity contribution is 6.03. The fourth-order valence-electron chi connectivity index (χ4n) is 1.87. The van der Waals surface area contributed by atoms with Gasteiger partial charge < -0.3 is 5.73 Å². The Kier molecular flexibility index (Phi) is 5.60. The maximum absolute atomic E-state index is 12.1. The van der Waals surface area contributed by atoms with Gasteiger partial charge >= 0.3 is 6.03 Å². The predicted molar refractivity (Wildman–Crippen MR) is 82.8 cm³/mol. The third-order valence-electron chi connectivity index (χ3n) is 2.82. The molecule has 1 aromatic carbocycles. The molecular formula is C15H20N4O. The molecule has 5 heteroatoms. The van der Waals surface area contributed by atoms with Crippen LogP contribution in [-0.2, 0) is 0 Å². The number of hydrogen-bond acceptors (Lipinski definition) is 2. The molecule has 5 nitrogen and oxygen atoms in total. The van der Waals surface area contributed by atoms with Gasteiger partial charge in [-0.2, -0.15) is 0 Å². The summed E-state index contributed by atoms with van der Waals surface area (Å²) in [5, 5.41) is 2.54. The van der Waals surface area contributed by atoms with E-state index in [9.17, 15) is 4.79 Å². The Labute approximate surface area is 119 Å². The van der Waals surface area contributed by atoms with Crippen LogP contribution in [0.4, 0.5) is 10.5 Å². The number of aryl methyl sites for hydroxylation is 2. The van der Waals surface area contributed by atoms with Crippen molar-refractivity contribution < 1.29 is 4.79 Å². The number of nitrogens with zero attached hydrogens (tertiary/aromatic N) is 2. The Balaban J connectivity index is 2.81. The van der Waals surface area contributed by atoms with Crippen molar-refractivity contribution in [2.45, 2.75) is 20.8 Å². The van der Waals surface area contributed by atoms with Gasteiger partial charge in [0.2, 0.25) is 0 Å². The molecule has 1 rings (SSSR count). The monoisotopic (exact) mass is 272 g/mol. The lowest BCUT2D eigenvalue weighted by atomic mass is 10.1. The van der Waals surface area contributed by atoms with Crippen LogP contribution >= 0.6 is 0 Å². The molecule has 106 valence electrons. The van der Waals surface area contributed by atoms with Crippen LogP contribution in [0.3, 0.4) is 0 Å². The number of rotatable bonds is 2.